The number of aromatic nitrogens is 2. The van der Waals surface area contributed by atoms with Crippen molar-refractivity contribution in [2.24, 2.45) is 0 Å². The minimum Gasteiger partial charge on any atom is -0.297 e. The van der Waals surface area contributed by atoms with E-state index < -0.39 is 0 Å². The Morgan fingerprint density at radius 3 is 2.62 bits per heavy atom. The van der Waals surface area contributed by atoms with Crippen molar-refractivity contribution in [3.05, 3.63) is 77.1 Å². The van der Waals surface area contributed by atoms with Gasteiger partial charge in [-0.25, -0.2) is 4.39 Å². The van der Waals surface area contributed by atoms with Gasteiger partial charge in [-0.1, -0.05) is 65.1 Å². The lowest BCUT2D eigenvalue weighted by Crippen LogP contribution is -2.07. The van der Waals surface area contributed by atoms with Gasteiger partial charge in [-0.15, -0.1) is 10.2 Å². The maximum Gasteiger partial charge on any atom is 0.250 e. The zero-order valence-corrected chi connectivity index (χ0v) is 15.6. The summed E-state index contributed by atoms with van der Waals surface area (Å²) < 4.78 is 13.6. The fourth-order valence-corrected chi connectivity index (χ4v) is 3.75. The van der Waals surface area contributed by atoms with Gasteiger partial charge >= 0.3 is 0 Å². The Kier molecular flexibility index (Phi) is 6.14. The Balaban J connectivity index is 1.51. The van der Waals surface area contributed by atoms with Crippen molar-refractivity contribution in [1.82, 2.24) is 10.2 Å². The van der Waals surface area contributed by atoms with Crippen LogP contribution in [0.3, 0.4) is 0 Å². The van der Waals surface area contributed by atoms with E-state index in [9.17, 15) is 9.18 Å². The van der Waals surface area contributed by atoms with Crippen molar-refractivity contribution in [1.29, 1.82) is 0 Å². The van der Waals surface area contributed by atoms with Gasteiger partial charge in [0.05, 0.1) is 0 Å². The summed E-state index contributed by atoms with van der Waals surface area (Å²) >= 11 is 2.91. The lowest BCUT2D eigenvalue weighted by molar-refractivity contribution is -0.111. The maximum absolute atomic E-state index is 12.8. The first-order chi connectivity index (χ1) is 12.6. The molecule has 0 atom stereocenters. The summed E-state index contributed by atoms with van der Waals surface area (Å²) in [7, 11) is 0. The van der Waals surface area contributed by atoms with Gasteiger partial charge in [-0.05, 0) is 36.3 Å². The van der Waals surface area contributed by atoms with E-state index in [4.69, 9.17) is 0 Å². The van der Waals surface area contributed by atoms with E-state index in [0.29, 0.717) is 5.13 Å². The van der Waals surface area contributed by atoms with Crippen LogP contribution in [0.15, 0.2) is 58.9 Å². The number of hydrogen-bond donors (Lipinski definition) is 1. The third kappa shape index (κ3) is 5.50. The number of carbonyl (C=O) groups is 1. The van der Waals surface area contributed by atoms with Crippen LogP contribution in [0, 0.1) is 12.7 Å². The molecule has 1 amide bonds. The number of benzene rings is 2. The number of nitrogens with zero attached hydrogens (tertiary/aromatic N) is 2. The third-order valence-corrected chi connectivity index (χ3v) is 5.46. The first kappa shape index (κ1) is 18.3. The normalized spacial score (nSPS) is 11.0. The minimum absolute atomic E-state index is 0.305. The summed E-state index contributed by atoms with van der Waals surface area (Å²) in [5.74, 6) is 0.185. The van der Waals surface area contributed by atoms with Crippen molar-refractivity contribution in [3.8, 4) is 0 Å². The number of anilines is 1. The molecule has 0 aliphatic heterocycles. The Bertz CT molecular complexity index is 905. The van der Waals surface area contributed by atoms with E-state index >= 15 is 0 Å². The molecule has 0 aliphatic carbocycles. The molecule has 7 heteroatoms. The molecule has 0 saturated carbocycles. The summed E-state index contributed by atoms with van der Waals surface area (Å²) in [6, 6.07) is 14.2. The van der Waals surface area contributed by atoms with Gasteiger partial charge in [0.15, 0.2) is 4.34 Å². The molecule has 4 nitrogen and oxygen atoms in total. The quantitative estimate of drug-likeness (QED) is 0.371. The van der Waals surface area contributed by atoms with Crippen LogP contribution in [0.5, 0.6) is 0 Å². The number of amides is 1. The topological polar surface area (TPSA) is 54.9 Å². The highest BCUT2D eigenvalue weighted by Gasteiger charge is 2.07. The molecule has 0 unspecified atom stereocenters. The molecular formula is C19H16FN3OS2. The minimum atomic E-state index is -0.309. The zero-order chi connectivity index (χ0) is 18.4. The number of thioether (sulfide) groups is 1. The average Bonchev–Trinajstić information content (AvgIpc) is 3.08. The van der Waals surface area contributed by atoms with Crippen LogP contribution < -0.4 is 5.32 Å². The van der Waals surface area contributed by atoms with E-state index in [1.165, 1.54) is 40.7 Å². The molecule has 3 rings (SSSR count). The molecule has 3 aromatic rings. The number of halogens is 1. The molecule has 0 radical (unpaired) electrons. The van der Waals surface area contributed by atoms with Crippen LogP contribution in [0.4, 0.5) is 9.52 Å². The Morgan fingerprint density at radius 2 is 1.88 bits per heavy atom. The van der Waals surface area contributed by atoms with Crippen molar-refractivity contribution >= 4 is 40.2 Å². The lowest BCUT2D eigenvalue weighted by atomic mass is 10.2. The van der Waals surface area contributed by atoms with Gasteiger partial charge in [-0.2, -0.15) is 0 Å². The molecule has 1 N–H and O–H groups in total. The number of carbonyl (C=O) groups excluding carboxylic acids is 1. The largest absolute Gasteiger partial charge is 0.297 e. The number of rotatable bonds is 6. The summed E-state index contributed by atoms with van der Waals surface area (Å²) in [6.07, 6.45) is 3.00. The van der Waals surface area contributed by atoms with Gasteiger partial charge in [-0.3, -0.25) is 10.1 Å². The number of nitrogens with one attached hydrogen (secondary N) is 1. The molecule has 0 fully saturated rings. The first-order valence-electron chi connectivity index (χ1n) is 7.85. The van der Waals surface area contributed by atoms with Gasteiger partial charge in [0.1, 0.15) is 5.82 Å². The molecule has 132 valence electrons. The SMILES string of the molecule is Cc1ccc(CSc2nnc(NC(=O)/C=C/c3ccc(F)cc3)s2)cc1. The Morgan fingerprint density at radius 1 is 1.15 bits per heavy atom. The molecule has 1 aromatic heterocycles. The van der Waals surface area contributed by atoms with E-state index in [1.54, 1.807) is 30.0 Å². The van der Waals surface area contributed by atoms with Crippen molar-refractivity contribution in [2.45, 2.75) is 17.0 Å². The van der Waals surface area contributed by atoms with Crippen LogP contribution in [0.2, 0.25) is 0 Å². The van der Waals surface area contributed by atoms with Crippen LogP contribution in [-0.2, 0) is 10.5 Å². The van der Waals surface area contributed by atoms with Gasteiger partial charge in [0, 0.05) is 11.8 Å². The molecular weight excluding hydrogens is 369 g/mol. The van der Waals surface area contributed by atoms with Gasteiger partial charge in [0.25, 0.3) is 0 Å². The van der Waals surface area contributed by atoms with Crippen LogP contribution in [0.25, 0.3) is 6.08 Å². The monoisotopic (exact) mass is 385 g/mol. The second-order valence-electron chi connectivity index (χ2n) is 5.52. The first-order valence-corrected chi connectivity index (χ1v) is 9.65. The van der Waals surface area contributed by atoms with Crippen molar-refractivity contribution in [3.63, 3.8) is 0 Å². The predicted octanol–water partition coefficient (Wildman–Crippen LogP) is 4.93. The fraction of sp³-hybridized carbons (Fsp3) is 0.105. The second kappa shape index (κ2) is 8.73. The molecule has 2 aromatic carbocycles. The van der Waals surface area contributed by atoms with Crippen molar-refractivity contribution < 1.29 is 9.18 Å². The van der Waals surface area contributed by atoms with Crippen LogP contribution >= 0.6 is 23.1 Å². The molecule has 26 heavy (non-hydrogen) atoms. The van der Waals surface area contributed by atoms with E-state index in [-0.39, 0.29) is 11.7 Å². The standard InChI is InChI=1S/C19H16FN3OS2/c1-13-2-4-15(5-3-13)12-25-19-23-22-18(26-19)21-17(24)11-8-14-6-9-16(20)10-7-14/h2-11H,12H2,1H3,(H,21,22,24)/b11-8+. The van der Waals surface area contributed by atoms with Gasteiger partial charge < -0.3 is 0 Å². The Hall–Kier alpha value is -2.51. The molecule has 0 spiro atoms. The molecule has 0 saturated heterocycles. The van der Waals surface area contributed by atoms with Crippen LogP contribution in [-0.4, -0.2) is 16.1 Å². The Labute approximate surface area is 159 Å². The summed E-state index contributed by atoms with van der Waals surface area (Å²) in [5, 5.41) is 11.2. The second-order valence-corrected chi connectivity index (χ2v) is 7.72. The molecule has 0 bridgehead atoms. The zero-order valence-electron chi connectivity index (χ0n) is 14.0. The van der Waals surface area contributed by atoms with Crippen LogP contribution in [0.1, 0.15) is 16.7 Å². The number of aryl methyl sites for hydroxylation is 1. The third-order valence-electron chi connectivity index (χ3n) is 3.42. The highest BCUT2D eigenvalue weighted by atomic mass is 32.2. The molecule has 0 aliphatic rings. The summed E-state index contributed by atoms with van der Waals surface area (Å²) in [5.41, 5.74) is 3.19. The van der Waals surface area contributed by atoms with E-state index in [2.05, 4.69) is 46.7 Å². The predicted molar refractivity (Wildman–Crippen MR) is 105 cm³/mol. The maximum atomic E-state index is 12.8. The van der Waals surface area contributed by atoms with Crippen molar-refractivity contribution in [2.75, 3.05) is 5.32 Å². The average molecular weight is 385 g/mol. The van der Waals surface area contributed by atoms with E-state index in [0.717, 1.165) is 15.7 Å². The lowest BCUT2D eigenvalue weighted by Gasteiger charge is -1.99. The van der Waals surface area contributed by atoms with E-state index in [1.807, 2.05) is 0 Å². The fourth-order valence-electron chi connectivity index (χ4n) is 2.04. The summed E-state index contributed by atoms with van der Waals surface area (Å²) in [6.45, 7) is 2.06. The highest BCUT2D eigenvalue weighted by Crippen LogP contribution is 2.28. The summed E-state index contributed by atoms with van der Waals surface area (Å²) in [4.78, 5) is 11.9. The highest BCUT2D eigenvalue weighted by molar-refractivity contribution is 8.00. The van der Waals surface area contributed by atoms with Gasteiger partial charge in [0.2, 0.25) is 11.0 Å². The molecule has 1 heterocycles. The number of hydrogen-bond acceptors (Lipinski definition) is 5. The smallest absolute Gasteiger partial charge is 0.250 e.